The Labute approximate surface area is 104 Å². The van der Waals surface area contributed by atoms with Crippen molar-refractivity contribution in [2.75, 3.05) is 5.32 Å². The van der Waals surface area contributed by atoms with Crippen LogP contribution in [-0.2, 0) is 6.18 Å². The van der Waals surface area contributed by atoms with Gasteiger partial charge in [0.25, 0.3) is 0 Å². The predicted molar refractivity (Wildman–Crippen MR) is 57.4 cm³/mol. The quantitative estimate of drug-likeness (QED) is 0.857. The third-order valence-corrected chi connectivity index (χ3v) is 2.05. The molecule has 2 rings (SSSR count). The molecule has 2 aromatic rings. The average molecular weight is 272 g/mol. The number of rotatable bonds is 2. The molecule has 100 valence electrons. The van der Waals surface area contributed by atoms with Crippen molar-refractivity contribution in [1.29, 1.82) is 0 Å². The van der Waals surface area contributed by atoms with Crippen LogP contribution in [0, 0.1) is 0 Å². The molecule has 0 aliphatic rings. The van der Waals surface area contributed by atoms with Gasteiger partial charge in [-0.25, -0.2) is 9.78 Å². The predicted octanol–water partition coefficient (Wildman–Crippen LogP) is 1.17. The maximum absolute atomic E-state index is 12.9. The molecule has 3 N–H and O–H groups in total. The summed E-state index contributed by atoms with van der Waals surface area (Å²) in [5, 5.41) is 9.18. The number of hydrogen-bond donors (Lipinski definition) is 2. The highest BCUT2D eigenvalue weighted by Crippen LogP contribution is 2.33. The van der Waals surface area contributed by atoms with Crippen LogP contribution in [0.25, 0.3) is 5.82 Å². The second-order valence-electron chi connectivity index (χ2n) is 3.40. The molecule has 0 unspecified atom stereocenters. The smallest absolute Gasteiger partial charge is 0.351 e. The molecular formula is C9H7F3N6O. The number of urea groups is 1. The normalized spacial score (nSPS) is 11.3. The molecular weight excluding hydrogens is 265 g/mol. The molecule has 0 radical (unpaired) electrons. The van der Waals surface area contributed by atoms with E-state index in [9.17, 15) is 18.0 Å². The standard InChI is InChI=1S/C9H7F3N6O/c10-9(11,12)6-3-5(17-8(13)19)4-14-7(6)18-15-1-2-16-18/h1-4H,(H3,13,17,19). The van der Waals surface area contributed by atoms with Gasteiger partial charge in [0.15, 0.2) is 5.82 Å². The molecule has 0 aromatic carbocycles. The van der Waals surface area contributed by atoms with Crippen LogP contribution < -0.4 is 11.1 Å². The van der Waals surface area contributed by atoms with Gasteiger partial charge < -0.3 is 11.1 Å². The highest BCUT2D eigenvalue weighted by atomic mass is 19.4. The molecule has 10 heteroatoms. The van der Waals surface area contributed by atoms with Crippen LogP contribution in [0.2, 0.25) is 0 Å². The van der Waals surface area contributed by atoms with E-state index in [1.54, 1.807) is 0 Å². The molecule has 0 atom stereocenters. The first-order chi connectivity index (χ1) is 8.88. The Morgan fingerprint density at radius 2 is 1.95 bits per heavy atom. The monoisotopic (exact) mass is 272 g/mol. The van der Waals surface area contributed by atoms with E-state index in [0.717, 1.165) is 11.0 Å². The van der Waals surface area contributed by atoms with Crippen LogP contribution >= 0.6 is 0 Å². The van der Waals surface area contributed by atoms with Crippen molar-refractivity contribution in [2.24, 2.45) is 5.73 Å². The number of nitrogens with zero attached hydrogens (tertiary/aromatic N) is 4. The number of nitrogens with two attached hydrogens (primary N) is 1. The van der Waals surface area contributed by atoms with E-state index in [0.29, 0.717) is 6.07 Å². The van der Waals surface area contributed by atoms with Crippen molar-refractivity contribution < 1.29 is 18.0 Å². The van der Waals surface area contributed by atoms with E-state index in [4.69, 9.17) is 5.73 Å². The fraction of sp³-hybridized carbons (Fsp3) is 0.111. The maximum Gasteiger partial charge on any atom is 0.420 e. The lowest BCUT2D eigenvalue weighted by atomic mass is 10.2. The Hall–Kier alpha value is -2.65. The minimum absolute atomic E-state index is 0.171. The molecule has 19 heavy (non-hydrogen) atoms. The average Bonchev–Trinajstić information content (AvgIpc) is 2.80. The minimum atomic E-state index is -4.68. The van der Waals surface area contributed by atoms with Crippen LogP contribution in [0.4, 0.5) is 23.7 Å². The topological polar surface area (TPSA) is 98.7 Å². The van der Waals surface area contributed by atoms with Crippen molar-refractivity contribution in [2.45, 2.75) is 6.18 Å². The second kappa shape index (κ2) is 4.55. The van der Waals surface area contributed by atoms with E-state index < -0.39 is 23.6 Å². The third kappa shape index (κ3) is 2.78. The Morgan fingerprint density at radius 1 is 1.32 bits per heavy atom. The van der Waals surface area contributed by atoms with Crippen LogP contribution in [0.15, 0.2) is 24.7 Å². The lowest BCUT2D eigenvalue weighted by Crippen LogP contribution is -2.21. The summed E-state index contributed by atoms with van der Waals surface area (Å²) in [5.41, 5.74) is 3.57. The fourth-order valence-corrected chi connectivity index (χ4v) is 1.36. The van der Waals surface area contributed by atoms with E-state index >= 15 is 0 Å². The fourth-order valence-electron chi connectivity index (χ4n) is 1.36. The highest BCUT2D eigenvalue weighted by molar-refractivity contribution is 5.87. The van der Waals surface area contributed by atoms with Gasteiger partial charge in [0, 0.05) is 0 Å². The second-order valence-corrected chi connectivity index (χ2v) is 3.40. The molecule has 2 heterocycles. The largest absolute Gasteiger partial charge is 0.420 e. The lowest BCUT2D eigenvalue weighted by Gasteiger charge is -2.12. The Bertz CT molecular complexity index is 594. The third-order valence-electron chi connectivity index (χ3n) is 2.05. The zero-order valence-corrected chi connectivity index (χ0v) is 9.22. The summed E-state index contributed by atoms with van der Waals surface area (Å²) in [6.45, 7) is 0. The van der Waals surface area contributed by atoms with Crippen molar-refractivity contribution in [3.05, 3.63) is 30.2 Å². The molecule has 0 aliphatic heterocycles. The van der Waals surface area contributed by atoms with Gasteiger partial charge in [0.1, 0.15) is 5.56 Å². The summed E-state index contributed by atoms with van der Waals surface area (Å²) < 4.78 is 38.7. The van der Waals surface area contributed by atoms with Gasteiger partial charge in [-0.3, -0.25) is 0 Å². The first kappa shape index (κ1) is 12.8. The number of halogens is 3. The number of alkyl halides is 3. The number of carbonyl (C=O) groups excluding carboxylic acids is 1. The molecule has 2 amide bonds. The number of carbonyl (C=O) groups is 1. The van der Waals surface area contributed by atoms with Crippen molar-refractivity contribution in [3.63, 3.8) is 0 Å². The maximum atomic E-state index is 12.9. The molecule has 7 nitrogen and oxygen atoms in total. The molecule has 0 bridgehead atoms. The number of amides is 2. The van der Waals surface area contributed by atoms with E-state index in [1.807, 2.05) is 5.32 Å². The van der Waals surface area contributed by atoms with Crippen molar-refractivity contribution in [3.8, 4) is 5.82 Å². The van der Waals surface area contributed by atoms with E-state index in [2.05, 4.69) is 15.2 Å². The lowest BCUT2D eigenvalue weighted by molar-refractivity contribution is -0.137. The SMILES string of the molecule is NC(=O)Nc1cnc(-n2nccn2)c(C(F)(F)F)c1. The van der Waals surface area contributed by atoms with Gasteiger partial charge in [-0.15, -0.1) is 4.80 Å². The molecule has 0 spiro atoms. The van der Waals surface area contributed by atoms with Crippen LogP contribution in [-0.4, -0.2) is 26.0 Å². The molecule has 0 aliphatic carbocycles. The minimum Gasteiger partial charge on any atom is -0.351 e. The number of primary amides is 1. The van der Waals surface area contributed by atoms with Gasteiger partial charge in [-0.1, -0.05) is 0 Å². The Kier molecular flexibility index (Phi) is 3.07. The number of aromatic nitrogens is 4. The Morgan fingerprint density at radius 3 is 2.47 bits per heavy atom. The summed E-state index contributed by atoms with van der Waals surface area (Å²) in [6, 6.07) is -0.281. The van der Waals surface area contributed by atoms with Crippen LogP contribution in [0.3, 0.4) is 0 Å². The van der Waals surface area contributed by atoms with Gasteiger partial charge in [-0.2, -0.15) is 23.4 Å². The summed E-state index contributed by atoms with van der Waals surface area (Å²) in [5.74, 6) is -0.493. The zero-order chi connectivity index (χ0) is 14.0. The van der Waals surface area contributed by atoms with Crippen LogP contribution in [0.5, 0.6) is 0 Å². The number of pyridine rings is 1. The first-order valence-corrected chi connectivity index (χ1v) is 4.88. The molecule has 0 saturated carbocycles. The summed E-state index contributed by atoms with van der Waals surface area (Å²) in [6.07, 6.45) is -1.21. The Balaban J connectivity index is 2.53. The van der Waals surface area contributed by atoms with Crippen LogP contribution in [0.1, 0.15) is 5.56 Å². The van der Waals surface area contributed by atoms with Crippen molar-refractivity contribution >= 4 is 11.7 Å². The summed E-state index contributed by atoms with van der Waals surface area (Å²) >= 11 is 0. The van der Waals surface area contributed by atoms with E-state index in [-0.39, 0.29) is 5.69 Å². The number of nitrogens with one attached hydrogen (secondary N) is 1. The molecule has 2 aromatic heterocycles. The summed E-state index contributed by atoms with van der Waals surface area (Å²) in [7, 11) is 0. The number of hydrogen-bond acceptors (Lipinski definition) is 4. The highest BCUT2D eigenvalue weighted by Gasteiger charge is 2.36. The van der Waals surface area contributed by atoms with Crippen molar-refractivity contribution in [1.82, 2.24) is 20.0 Å². The first-order valence-electron chi connectivity index (χ1n) is 4.88. The molecule has 0 saturated heterocycles. The van der Waals surface area contributed by atoms with Gasteiger partial charge in [0.05, 0.1) is 24.3 Å². The van der Waals surface area contributed by atoms with E-state index in [1.165, 1.54) is 12.4 Å². The zero-order valence-electron chi connectivity index (χ0n) is 9.22. The summed E-state index contributed by atoms with van der Waals surface area (Å²) in [4.78, 5) is 14.9. The van der Waals surface area contributed by atoms with Gasteiger partial charge >= 0.3 is 12.2 Å². The number of anilines is 1. The molecule has 0 fully saturated rings. The van der Waals surface area contributed by atoms with Gasteiger partial charge in [-0.05, 0) is 6.07 Å². The van der Waals surface area contributed by atoms with Gasteiger partial charge in [0.2, 0.25) is 0 Å².